The summed E-state index contributed by atoms with van der Waals surface area (Å²) in [5.41, 5.74) is 0.387. The van der Waals surface area contributed by atoms with Crippen LogP contribution in [0.1, 0.15) is 62.2 Å². The van der Waals surface area contributed by atoms with Crippen molar-refractivity contribution >= 4 is 21.7 Å². The molecule has 1 heterocycles. The smallest absolute Gasteiger partial charge is 0.243 e. The average Bonchev–Trinajstić information content (AvgIpc) is 2.73. The lowest BCUT2D eigenvalue weighted by Crippen LogP contribution is -2.43. The largest absolute Gasteiger partial charge is 0.356 e. The number of sulfonamides is 1. The summed E-state index contributed by atoms with van der Waals surface area (Å²) in [5, 5.41) is 3.08. The Kier molecular flexibility index (Phi) is 6.88. The Hall–Kier alpha value is -1.73. The number of carbonyl (C=O) groups is 2. The second-order valence-corrected chi connectivity index (χ2v) is 9.95. The molecule has 1 amide bonds. The zero-order valence-electron chi connectivity index (χ0n) is 16.5. The van der Waals surface area contributed by atoms with Gasteiger partial charge in [-0.25, -0.2) is 8.42 Å². The maximum atomic E-state index is 12.9. The van der Waals surface area contributed by atoms with Gasteiger partial charge in [-0.05, 0) is 50.7 Å². The van der Waals surface area contributed by atoms with Crippen molar-refractivity contribution in [3.63, 3.8) is 0 Å². The van der Waals surface area contributed by atoms with E-state index in [0.29, 0.717) is 37.4 Å². The van der Waals surface area contributed by atoms with E-state index in [0.717, 1.165) is 6.54 Å². The van der Waals surface area contributed by atoms with Gasteiger partial charge in [-0.1, -0.05) is 31.4 Å². The molecule has 1 aromatic carbocycles. The predicted molar refractivity (Wildman–Crippen MR) is 108 cm³/mol. The number of nitrogens with zero attached hydrogens (tertiary/aromatic N) is 1. The van der Waals surface area contributed by atoms with Gasteiger partial charge in [-0.2, -0.15) is 4.31 Å². The Morgan fingerprint density at radius 3 is 2.39 bits per heavy atom. The first-order chi connectivity index (χ1) is 13.4. The standard InChI is InChI=1S/C21H30N2O4S/c1-16(24)19-8-5-9-20(14-19)28(26,27)23-12-10-18(11-13-23)21(25)22-15-17-6-3-2-4-7-17/h5,8-9,14,17-18H,2-4,6-7,10-13,15H2,1H3,(H,22,25). The van der Waals surface area contributed by atoms with Gasteiger partial charge >= 0.3 is 0 Å². The molecule has 3 rings (SSSR count). The van der Waals surface area contributed by atoms with Gasteiger partial charge in [0.2, 0.25) is 15.9 Å². The Morgan fingerprint density at radius 2 is 1.75 bits per heavy atom. The molecule has 2 aliphatic rings. The summed E-state index contributed by atoms with van der Waals surface area (Å²) in [6.07, 6.45) is 7.24. The summed E-state index contributed by atoms with van der Waals surface area (Å²) in [6, 6.07) is 6.16. The van der Waals surface area contributed by atoms with E-state index < -0.39 is 10.0 Å². The summed E-state index contributed by atoms with van der Waals surface area (Å²) in [5.74, 6) is 0.358. The molecule has 154 valence electrons. The number of rotatable bonds is 6. The average molecular weight is 407 g/mol. The molecule has 1 saturated carbocycles. The van der Waals surface area contributed by atoms with Crippen LogP contribution in [0, 0.1) is 11.8 Å². The van der Waals surface area contributed by atoms with Crippen LogP contribution in [0.15, 0.2) is 29.2 Å². The summed E-state index contributed by atoms with van der Waals surface area (Å²) in [4.78, 5) is 24.2. The fraction of sp³-hybridized carbons (Fsp3) is 0.619. The minimum absolute atomic E-state index is 0.0567. The minimum atomic E-state index is -3.65. The van der Waals surface area contributed by atoms with E-state index in [1.165, 1.54) is 55.5 Å². The number of ketones is 1. The molecule has 0 aromatic heterocycles. The van der Waals surface area contributed by atoms with Crippen LogP contribution in [-0.4, -0.2) is 44.0 Å². The van der Waals surface area contributed by atoms with E-state index in [1.54, 1.807) is 12.1 Å². The Bertz CT molecular complexity index is 807. The highest BCUT2D eigenvalue weighted by Gasteiger charge is 2.32. The number of benzene rings is 1. The third kappa shape index (κ3) is 5.00. The van der Waals surface area contributed by atoms with Crippen LogP contribution < -0.4 is 5.32 Å². The van der Waals surface area contributed by atoms with Crippen molar-refractivity contribution in [1.82, 2.24) is 9.62 Å². The van der Waals surface area contributed by atoms with Crippen LogP contribution in [0.4, 0.5) is 0 Å². The summed E-state index contributed by atoms with van der Waals surface area (Å²) >= 11 is 0. The highest BCUT2D eigenvalue weighted by molar-refractivity contribution is 7.89. The lowest BCUT2D eigenvalue weighted by atomic mass is 9.89. The number of piperidine rings is 1. The monoisotopic (exact) mass is 406 g/mol. The fourth-order valence-corrected chi connectivity index (χ4v) is 5.68. The Morgan fingerprint density at radius 1 is 1.07 bits per heavy atom. The van der Waals surface area contributed by atoms with Gasteiger partial charge < -0.3 is 5.32 Å². The summed E-state index contributed by atoms with van der Waals surface area (Å²) in [6.45, 7) is 2.82. The molecule has 1 saturated heterocycles. The number of nitrogens with one attached hydrogen (secondary N) is 1. The van der Waals surface area contributed by atoms with Gasteiger partial charge in [0.25, 0.3) is 0 Å². The van der Waals surface area contributed by atoms with Crippen molar-refractivity contribution in [1.29, 1.82) is 0 Å². The number of carbonyl (C=O) groups excluding carboxylic acids is 2. The van der Waals surface area contributed by atoms with E-state index in [4.69, 9.17) is 0 Å². The molecule has 1 aliphatic carbocycles. The fourth-order valence-electron chi connectivity index (χ4n) is 4.16. The molecule has 2 fully saturated rings. The van der Waals surface area contributed by atoms with Crippen LogP contribution in [-0.2, 0) is 14.8 Å². The number of hydrogen-bond donors (Lipinski definition) is 1. The van der Waals surface area contributed by atoms with E-state index in [9.17, 15) is 18.0 Å². The molecule has 0 radical (unpaired) electrons. The molecular weight excluding hydrogens is 376 g/mol. The Balaban J connectivity index is 1.54. The quantitative estimate of drug-likeness (QED) is 0.736. The van der Waals surface area contributed by atoms with Gasteiger partial charge in [0.05, 0.1) is 4.90 Å². The lowest BCUT2D eigenvalue weighted by molar-refractivity contribution is -0.126. The second-order valence-electron chi connectivity index (χ2n) is 8.01. The number of amides is 1. The number of hydrogen-bond acceptors (Lipinski definition) is 4. The molecule has 28 heavy (non-hydrogen) atoms. The molecule has 1 aromatic rings. The normalized spacial score (nSPS) is 20.0. The molecule has 7 heteroatoms. The Labute approximate surface area is 167 Å². The first-order valence-corrected chi connectivity index (χ1v) is 11.7. The summed E-state index contributed by atoms with van der Waals surface area (Å²) in [7, 11) is -3.65. The van der Waals surface area contributed by atoms with Crippen molar-refractivity contribution in [2.75, 3.05) is 19.6 Å². The van der Waals surface area contributed by atoms with Gasteiger partial charge in [0.1, 0.15) is 0 Å². The first kappa shape index (κ1) is 21.0. The molecule has 6 nitrogen and oxygen atoms in total. The van der Waals surface area contributed by atoms with E-state index in [1.807, 2.05) is 0 Å². The van der Waals surface area contributed by atoms with Crippen LogP contribution in [0.2, 0.25) is 0 Å². The zero-order valence-corrected chi connectivity index (χ0v) is 17.3. The maximum Gasteiger partial charge on any atom is 0.243 e. The molecule has 0 atom stereocenters. The van der Waals surface area contributed by atoms with Crippen LogP contribution in [0.5, 0.6) is 0 Å². The van der Waals surface area contributed by atoms with Gasteiger partial charge in [-0.3, -0.25) is 9.59 Å². The molecule has 0 bridgehead atoms. The number of Topliss-reactive ketones (excluding diaryl/α,β-unsaturated/α-hetero) is 1. The van der Waals surface area contributed by atoms with Crippen molar-refractivity contribution in [3.8, 4) is 0 Å². The molecule has 1 aliphatic heterocycles. The third-order valence-electron chi connectivity index (χ3n) is 5.99. The van der Waals surface area contributed by atoms with E-state index in [-0.39, 0.29) is 22.5 Å². The first-order valence-electron chi connectivity index (χ1n) is 10.3. The van der Waals surface area contributed by atoms with Crippen molar-refractivity contribution in [3.05, 3.63) is 29.8 Å². The van der Waals surface area contributed by atoms with Crippen LogP contribution in [0.3, 0.4) is 0 Å². The molecule has 1 N–H and O–H groups in total. The van der Waals surface area contributed by atoms with E-state index >= 15 is 0 Å². The van der Waals surface area contributed by atoms with Gasteiger partial charge in [-0.15, -0.1) is 0 Å². The zero-order chi connectivity index (χ0) is 20.1. The highest BCUT2D eigenvalue weighted by Crippen LogP contribution is 2.26. The SMILES string of the molecule is CC(=O)c1cccc(S(=O)(=O)N2CCC(C(=O)NCC3CCCCC3)CC2)c1. The van der Waals surface area contributed by atoms with Gasteiger partial charge in [0.15, 0.2) is 5.78 Å². The molecular formula is C21H30N2O4S. The third-order valence-corrected chi connectivity index (χ3v) is 7.89. The van der Waals surface area contributed by atoms with Crippen LogP contribution in [0.25, 0.3) is 0 Å². The van der Waals surface area contributed by atoms with Crippen LogP contribution >= 0.6 is 0 Å². The minimum Gasteiger partial charge on any atom is -0.356 e. The summed E-state index contributed by atoms with van der Waals surface area (Å²) < 4.78 is 27.2. The maximum absolute atomic E-state index is 12.9. The highest BCUT2D eigenvalue weighted by atomic mass is 32.2. The molecule has 0 unspecified atom stereocenters. The van der Waals surface area contributed by atoms with Gasteiger partial charge in [0, 0.05) is 31.1 Å². The van der Waals surface area contributed by atoms with Crippen molar-refractivity contribution < 1.29 is 18.0 Å². The predicted octanol–water partition coefficient (Wildman–Crippen LogP) is 2.99. The van der Waals surface area contributed by atoms with Crippen molar-refractivity contribution in [2.24, 2.45) is 11.8 Å². The second kappa shape index (κ2) is 9.18. The van der Waals surface area contributed by atoms with Crippen molar-refractivity contribution in [2.45, 2.75) is 56.8 Å². The topological polar surface area (TPSA) is 83.6 Å². The molecule has 0 spiro atoms. The lowest BCUT2D eigenvalue weighted by Gasteiger charge is -2.31. The van der Waals surface area contributed by atoms with E-state index in [2.05, 4.69) is 5.32 Å².